The van der Waals surface area contributed by atoms with E-state index in [9.17, 15) is 15.3 Å². The highest BCUT2D eigenvalue weighted by Gasteiger charge is 2.28. The van der Waals surface area contributed by atoms with Crippen LogP contribution in [0.5, 0.6) is 0 Å². The van der Waals surface area contributed by atoms with Gasteiger partial charge >= 0.3 is 0 Å². The second-order valence-electron chi connectivity index (χ2n) is 41.6. The summed E-state index contributed by atoms with van der Waals surface area (Å²) >= 11 is 0. The largest absolute Gasteiger partial charge is 0.392 e. The molecule has 9 aliphatic heterocycles. The van der Waals surface area contributed by atoms with E-state index in [0.29, 0.717) is 84.8 Å². The molecule has 7 atom stereocenters. The first-order valence-corrected chi connectivity index (χ1v) is 53.0. The van der Waals surface area contributed by atoms with Gasteiger partial charge in [0.1, 0.15) is 0 Å². The smallest absolute Gasteiger partial charge is 0.0678 e. The van der Waals surface area contributed by atoms with Gasteiger partial charge in [0.15, 0.2) is 0 Å². The number of likely N-dealkylation sites (tertiary alicyclic amines) is 6. The second-order valence-corrected chi connectivity index (χ2v) is 41.6. The molecule has 24 nitrogen and oxygen atoms in total. The molecular formula is C104H218N10O14. The molecule has 0 radical (unpaired) electrons. The lowest BCUT2D eigenvalue weighted by atomic mass is 9.84. The predicted octanol–water partition coefficient (Wildman–Crippen LogP) is 16.5. The fourth-order valence-electron chi connectivity index (χ4n) is 17.4. The van der Waals surface area contributed by atoms with Crippen molar-refractivity contribution in [3.8, 4) is 0 Å². The maximum absolute atomic E-state index is 9.45. The number of piperazine rings is 1. The van der Waals surface area contributed by atoms with E-state index in [1.807, 2.05) is 0 Å². The molecule has 9 rings (SSSR count). The molecule has 0 aromatic heterocycles. The Morgan fingerprint density at radius 2 is 0.484 bits per heavy atom. The SMILES string of the molecule is CC(C)OCCCCN1CCCCC1.CC(C)OCCCCN1CCCCC1.CC(C)OCCCN1CC(C)OC(C)C1.CC(C)OCCCN1CCCC(C)(C)C1.CC(C)OCCCN1CCCC(O)C1.CC(C)OCCCN1CCC[C@@H](O)C1.CC(C)OCCCN1CCC[C@H](O)C1.CC(C)OCCCN1C[C@@H](C)O[C@@H](C)C1.CC(C)OCCN1CCN(C)CC1. The number of ether oxygens (including phenoxy) is 11. The Bertz CT molecular complexity index is 2170. The van der Waals surface area contributed by atoms with Gasteiger partial charge in [-0.15, -0.1) is 0 Å². The number of hydrogen-bond donors (Lipinski definition) is 3. The van der Waals surface area contributed by atoms with E-state index in [0.717, 1.165) is 235 Å². The van der Waals surface area contributed by atoms with Crippen molar-refractivity contribution in [2.45, 2.75) is 418 Å². The summed E-state index contributed by atoms with van der Waals surface area (Å²) in [5.74, 6) is 0. The Balaban J connectivity index is 0.000000720. The van der Waals surface area contributed by atoms with Crippen LogP contribution in [0.3, 0.4) is 0 Å². The molecule has 9 saturated heterocycles. The standard InChI is InChI=1S/C13H27NO.2C12H25NO2.2C12H25NO.3C11H23NO2.C10H22N2O/c1-12(2)15-10-6-9-14-8-5-7-13(3,4)11-14;2*1-10(2)14-7-5-6-13-8-11(3)15-12(4)9-13;2*1-12(2)14-11-7-6-10-13-8-4-3-5-9-13;3*1-10(2)14-8-4-7-12-6-3-5-11(13)9-12;1-10(2)13-9-8-12-6-4-11(3)5-7-12/h12H,5-11H2,1-4H3;2*10-12H,5-9H2,1-4H3;2*12H,3-11H2,1-2H3;3*10-11,13H,3-9H2,1-2H3;10H,4-9H2,1-3H3/t;11-,12+;;;;2*11-;;/m.....10../s1. The normalized spacial score (nSPS) is 23.6. The van der Waals surface area contributed by atoms with Gasteiger partial charge in [-0.05, 0) is 371 Å². The van der Waals surface area contributed by atoms with E-state index in [4.69, 9.17) is 52.1 Å². The van der Waals surface area contributed by atoms with Crippen LogP contribution in [-0.2, 0) is 52.1 Å². The van der Waals surface area contributed by atoms with E-state index in [1.54, 1.807) is 0 Å². The van der Waals surface area contributed by atoms with Crippen LogP contribution < -0.4 is 0 Å². The maximum Gasteiger partial charge on any atom is 0.0678 e. The topological polar surface area (TPSA) is 195 Å². The number of likely N-dealkylation sites (N-methyl/N-ethyl adjacent to an activating group) is 1. The fraction of sp³-hybridized carbons (Fsp3) is 1.00. The Morgan fingerprint density at radius 3 is 0.758 bits per heavy atom. The molecule has 0 spiro atoms. The molecule has 3 unspecified atom stereocenters. The lowest BCUT2D eigenvalue weighted by Gasteiger charge is -2.38. The quantitative estimate of drug-likeness (QED) is 0.0487. The molecule has 0 aromatic carbocycles. The minimum Gasteiger partial charge on any atom is -0.392 e. The number of aliphatic hydroxyl groups excluding tert-OH is 3. The molecule has 9 aliphatic rings. The van der Waals surface area contributed by atoms with Gasteiger partial charge in [0.05, 0.1) is 104 Å². The van der Waals surface area contributed by atoms with E-state index < -0.39 is 0 Å². The van der Waals surface area contributed by atoms with Gasteiger partial charge < -0.3 is 102 Å². The minimum absolute atomic E-state index is 0.102. The summed E-state index contributed by atoms with van der Waals surface area (Å²) in [5.41, 5.74) is 0.525. The highest BCUT2D eigenvalue weighted by molar-refractivity contribution is 4.81. The van der Waals surface area contributed by atoms with Crippen LogP contribution in [0.1, 0.15) is 320 Å². The van der Waals surface area contributed by atoms with Crippen LogP contribution >= 0.6 is 0 Å². The first kappa shape index (κ1) is 125. The summed E-state index contributed by atoms with van der Waals surface area (Å²) in [5, 5.41) is 28.4. The third kappa shape index (κ3) is 80.0. The first-order chi connectivity index (χ1) is 60.9. The zero-order valence-corrected chi connectivity index (χ0v) is 88.9. The third-order valence-corrected chi connectivity index (χ3v) is 23.8. The summed E-state index contributed by atoms with van der Waals surface area (Å²) in [6.07, 6.45) is 33.7. The number of aliphatic hydroxyl groups is 3. The number of rotatable bonds is 46. The summed E-state index contributed by atoms with van der Waals surface area (Å²) in [4.78, 5) is 24.6. The summed E-state index contributed by atoms with van der Waals surface area (Å²) in [7, 11) is 2.18. The molecule has 24 heteroatoms. The van der Waals surface area contributed by atoms with Gasteiger partial charge in [-0.1, -0.05) is 26.7 Å². The Hall–Kier alpha value is -0.960. The minimum atomic E-state index is -0.102. The zero-order chi connectivity index (χ0) is 95.1. The fourth-order valence-corrected chi connectivity index (χ4v) is 17.4. The van der Waals surface area contributed by atoms with Crippen molar-refractivity contribution in [1.29, 1.82) is 0 Å². The number of hydrogen-bond acceptors (Lipinski definition) is 24. The second kappa shape index (κ2) is 80.9. The van der Waals surface area contributed by atoms with Crippen molar-refractivity contribution in [2.24, 2.45) is 5.41 Å². The van der Waals surface area contributed by atoms with Crippen LogP contribution in [0.4, 0.5) is 0 Å². The number of morpholine rings is 2. The number of β-amino-alcohol motifs (C(OH)–C–C–N with tert-alkyl or cyclic N) is 3. The van der Waals surface area contributed by atoms with E-state index in [1.165, 1.54) is 169 Å². The molecule has 768 valence electrons. The van der Waals surface area contributed by atoms with Crippen LogP contribution in [0.15, 0.2) is 0 Å². The molecule has 0 bridgehead atoms. The Labute approximate surface area is 792 Å². The van der Waals surface area contributed by atoms with Gasteiger partial charge in [0.2, 0.25) is 0 Å². The van der Waals surface area contributed by atoms with Gasteiger partial charge in [-0.25, -0.2) is 0 Å². The van der Waals surface area contributed by atoms with Crippen molar-refractivity contribution in [3.05, 3.63) is 0 Å². The van der Waals surface area contributed by atoms with E-state index in [2.05, 4.69) is 222 Å². The third-order valence-electron chi connectivity index (χ3n) is 23.8. The molecule has 0 amide bonds. The first-order valence-electron chi connectivity index (χ1n) is 53.0. The van der Waals surface area contributed by atoms with E-state index in [-0.39, 0.29) is 18.3 Å². The van der Waals surface area contributed by atoms with Crippen molar-refractivity contribution in [1.82, 2.24) is 49.0 Å². The lowest BCUT2D eigenvalue weighted by molar-refractivity contribution is -0.0700. The van der Waals surface area contributed by atoms with Crippen molar-refractivity contribution in [2.75, 3.05) is 256 Å². The molecular weight excluding hydrogens is 1610 g/mol. The molecule has 0 aliphatic carbocycles. The molecule has 3 N–H and O–H groups in total. The van der Waals surface area contributed by atoms with Crippen LogP contribution in [0.25, 0.3) is 0 Å². The van der Waals surface area contributed by atoms with Crippen LogP contribution in [0, 0.1) is 5.41 Å². The van der Waals surface area contributed by atoms with Gasteiger partial charge in [0.25, 0.3) is 0 Å². The Kier molecular flexibility index (Phi) is 79.1. The molecule has 0 saturated carbocycles. The molecule has 9 heterocycles. The number of nitrogens with zero attached hydrogens (tertiary/aromatic N) is 10. The molecule has 128 heavy (non-hydrogen) atoms. The summed E-state index contributed by atoms with van der Waals surface area (Å²) in [6, 6.07) is 0. The monoisotopic (exact) mass is 1830 g/mol. The predicted molar refractivity (Wildman–Crippen MR) is 538 cm³/mol. The van der Waals surface area contributed by atoms with Gasteiger partial charge in [-0.3, -0.25) is 14.7 Å². The lowest BCUT2D eigenvalue weighted by Crippen LogP contribution is -2.45. The summed E-state index contributed by atoms with van der Waals surface area (Å²) < 4.78 is 60.9. The highest BCUT2D eigenvalue weighted by atomic mass is 16.5. The molecule has 0 aromatic rings. The maximum atomic E-state index is 9.45. The van der Waals surface area contributed by atoms with Crippen molar-refractivity contribution >= 4 is 0 Å². The number of unbranched alkanes of at least 4 members (excludes halogenated alkanes) is 2. The number of piperidine rings is 6. The average Bonchev–Trinajstić information content (AvgIpc) is 0.864. The van der Waals surface area contributed by atoms with Crippen molar-refractivity contribution in [3.63, 3.8) is 0 Å². The van der Waals surface area contributed by atoms with Crippen LogP contribution in [0.2, 0.25) is 0 Å². The van der Waals surface area contributed by atoms with E-state index >= 15 is 0 Å². The molecule has 9 fully saturated rings. The Morgan fingerprint density at radius 1 is 0.250 bits per heavy atom. The zero-order valence-electron chi connectivity index (χ0n) is 88.9. The van der Waals surface area contributed by atoms with Gasteiger partial charge in [0, 0.05) is 177 Å². The van der Waals surface area contributed by atoms with Crippen molar-refractivity contribution < 1.29 is 67.4 Å². The van der Waals surface area contributed by atoms with Crippen LogP contribution in [-0.4, -0.2) is 418 Å². The highest BCUT2D eigenvalue weighted by Crippen LogP contribution is 2.28. The average molecular weight is 1830 g/mol. The van der Waals surface area contributed by atoms with Gasteiger partial charge in [-0.2, -0.15) is 0 Å². The summed E-state index contributed by atoms with van der Waals surface area (Å²) in [6.45, 7) is 91.8.